The fourth-order valence-electron chi connectivity index (χ4n) is 2.74. The summed E-state index contributed by atoms with van der Waals surface area (Å²) in [6.07, 6.45) is 5.32. The highest BCUT2D eigenvalue weighted by Gasteiger charge is 2.37. The number of carbonyl (C=O) groups is 1. The van der Waals surface area contributed by atoms with Gasteiger partial charge in [-0.15, -0.1) is 0 Å². The third kappa shape index (κ3) is 4.81. The van der Waals surface area contributed by atoms with Crippen LogP contribution in [0, 0.1) is 0 Å². The average molecular weight is 368 g/mol. The van der Waals surface area contributed by atoms with Crippen molar-refractivity contribution >= 4 is 11.8 Å². The van der Waals surface area contributed by atoms with E-state index in [0.717, 1.165) is 22.5 Å². The van der Waals surface area contributed by atoms with E-state index in [2.05, 4.69) is 20.4 Å². The predicted octanol–water partition coefficient (Wildman–Crippen LogP) is 3.54. The molecule has 1 unspecified atom stereocenters. The summed E-state index contributed by atoms with van der Waals surface area (Å²) in [5.41, 5.74) is 2.22. The SMILES string of the molecule is CC(C)(C)OC(=O)NCc1cncc(C2=NOC(C)(c3ccccn3)C2)c1. The number of hydrogen-bond donors (Lipinski definition) is 1. The lowest BCUT2D eigenvalue weighted by Crippen LogP contribution is -2.32. The second-order valence-corrected chi connectivity index (χ2v) is 7.69. The molecule has 2 aromatic rings. The lowest BCUT2D eigenvalue weighted by molar-refractivity contribution is -0.0108. The standard InChI is InChI=1S/C20H24N4O3/c1-19(2,3)26-18(25)23-12-14-9-15(13-21-11-14)16-10-20(4,27-24-16)17-7-5-6-8-22-17/h5-9,11,13H,10,12H2,1-4H3,(H,23,25). The highest BCUT2D eigenvalue weighted by molar-refractivity contribution is 6.01. The molecular formula is C20H24N4O3. The zero-order valence-corrected chi connectivity index (χ0v) is 16.0. The van der Waals surface area contributed by atoms with Crippen molar-refractivity contribution in [2.45, 2.75) is 51.9 Å². The van der Waals surface area contributed by atoms with E-state index in [0.29, 0.717) is 13.0 Å². The number of nitrogens with zero attached hydrogens (tertiary/aromatic N) is 3. The van der Waals surface area contributed by atoms with Crippen LogP contribution in [-0.2, 0) is 21.7 Å². The number of carbonyl (C=O) groups excluding carboxylic acids is 1. The van der Waals surface area contributed by atoms with E-state index >= 15 is 0 Å². The van der Waals surface area contributed by atoms with Crippen LogP contribution in [-0.4, -0.2) is 27.4 Å². The monoisotopic (exact) mass is 368 g/mol. The first-order valence-electron chi connectivity index (χ1n) is 8.83. The summed E-state index contributed by atoms with van der Waals surface area (Å²) in [5, 5.41) is 6.98. The highest BCUT2D eigenvalue weighted by Crippen LogP contribution is 2.34. The van der Waals surface area contributed by atoms with Crippen LogP contribution < -0.4 is 5.32 Å². The molecule has 0 aliphatic carbocycles. The van der Waals surface area contributed by atoms with Crippen LogP contribution in [0.2, 0.25) is 0 Å². The van der Waals surface area contributed by atoms with Gasteiger partial charge in [0.1, 0.15) is 5.60 Å². The molecule has 142 valence electrons. The predicted molar refractivity (Wildman–Crippen MR) is 101 cm³/mol. The molecule has 2 aromatic heterocycles. The quantitative estimate of drug-likeness (QED) is 0.892. The summed E-state index contributed by atoms with van der Waals surface area (Å²) in [6.45, 7) is 7.76. The molecule has 1 amide bonds. The Morgan fingerprint density at radius 2 is 2.15 bits per heavy atom. The number of amides is 1. The van der Waals surface area contributed by atoms with Crippen LogP contribution in [0.5, 0.6) is 0 Å². The Balaban J connectivity index is 1.65. The maximum atomic E-state index is 11.8. The molecule has 0 fully saturated rings. The Bertz CT molecular complexity index is 846. The fraction of sp³-hybridized carbons (Fsp3) is 0.400. The number of rotatable bonds is 4. The van der Waals surface area contributed by atoms with Crippen molar-refractivity contribution in [2.24, 2.45) is 5.16 Å². The molecule has 27 heavy (non-hydrogen) atoms. The third-order valence-corrected chi connectivity index (χ3v) is 4.03. The summed E-state index contributed by atoms with van der Waals surface area (Å²) >= 11 is 0. The number of alkyl carbamates (subject to hydrolysis) is 1. The average Bonchev–Trinajstić information content (AvgIpc) is 3.03. The van der Waals surface area contributed by atoms with Gasteiger partial charge in [-0.2, -0.15) is 0 Å². The molecule has 7 nitrogen and oxygen atoms in total. The number of nitrogens with one attached hydrogen (secondary N) is 1. The number of aromatic nitrogens is 2. The van der Waals surface area contributed by atoms with Crippen molar-refractivity contribution in [3.05, 3.63) is 59.7 Å². The summed E-state index contributed by atoms with van der Waals surface area (Å²) < 4.78 is 5.24. The van der Waals surface area contributed by atoms with Crippen LogP contribution in [0.1, 0.15) is 50.9 Å². The van der Waals surface area contributed by atoms with E-state index in [9.17, 15) is 4.79 Å². The van der Waals surface area contributed by atoms with E-state index in [1.54, 1.807) is 18.6 Å². The lowest BCUT2D eigenvalue weighted by Gasteiger charge is -2.20. The minimum Gasteiger partial charge on any atom is -0.444 e. The van der Waals surface area contributed by atoms with Crippen molar-refractivity contribution < 1.29 is 14.4 Å². The van der Waals surface area contributed by atoms with E-state index in [1.165, 1.54) is 0 Å². The van der Waals surface area contributed by atoms with Crippen molar-refractivity contribution in [3.8, 4) is 0 Å². The fourth-order valence-corrected chi connectivity index (χ4v) is 2.74. The molecule has 0 aromatic carbocycles. The highest BCUT2D eigenvalue weighted by atomic mass is 16.7. The van der Waals surface area contributed by atoms with Gasteiger partial charge in [0.2, 0.25) is 0 Å². The van der Waals surface area contributed by atoms with Crippen LogP contribution in [0.4, 0.5) is 4.79 Å². The number of pyridine rings is 2. The van der Waals surface area contributed by atoms with Crippen LogP contribution in [0.25, 0.3) is 0 Å². The van der Waals surface area contributed by atoms with Gasteiger partial charge in [0, 0.05) is 37.1 Å². The van der Waals surface area contributed by atoms with Gasteiger partial charge >= 0.3 is 6.09 Å². The number of hydrogen-bond acceptors (Lipinski definition) is 6. The van der Waals surface area contributed by atoms with Gasteiger partial charge in [-0.1, -0.05) is 11.2 Å². The Hall–Kier alpha value is -2.96. The normalized spacial score (nSPS) is 19.2. The zero-order valence-electron chi connectivity index (χ0n) is 16.0. The summed E-state index contributed by atoms with van der Waals surface area (Å²) in [4.78, 5) is 26.1. The molecule has 3 heterocycles. The topological polar surface area (TPSA) is 85.7 Å². The minimum atomic E-state index is -0.596. The van der Waals surface area contributed by atoms with Gasteiger partial charge in [-0.3, -0.25) is 9.97 Å². The first kappa shape index (κ1) is 18.8. The number of oxime groups is 1. The second-order valence-electron chi connectivity index (χ2n) is 7.69. The van der Waals surface area contributed by atoms with E-state index in [1.807, 2.05) is 52.0 Å². The van der Waals surface area contributed by atoms with Crippen LogP contribution in [0.3, 0.4) is 0 Å². The van der Waals surface area contributed by atoms with E-state index < -0.39 is 17.3 Å². The van der Waals surface area contributed by atoms with Crippen LogP contribution in [0.15, 0.2) is 48.0 Å². The molecular weight excluding hydrogens is 344 g/mol. The third-order valence-electron chi connectivity index (χ3n) is 4.03. The molecule has 0 spiro atoms. The van der Waals surface area contributed by atoms with E-state index in [4.69, 9.17) is 9.57 Å². The molecule has 1 aliphatic heterocycles. The molecule has 0 saturated heterocycles. The molecule has 1 aliphatic rings. The minimum absolute atomic E-state index is 0.321. The molecule has 1 N–H and O–H groups in total. The summed E-state index contributed by atoms with van der Waals surface area (Å²) in [7, 11) is 0. The first-order chi connectivity index (χ1) is 12.8. The Kier molecular flexibility index (Phi) is 5.12. The van der Waals surface area contributed by atoms with Gasteiger partial charge in [0.25, 0.3) is 0 Å². The Morgan fingerprint density at radius 1 is 1.33 bits per heavy atom. The van der Waals surface area contributed by atoms with Crippen LogP contribution >= 0.6 is 0 Å². The zero-order chi connectivity index (χ0) is 19.5. The molecule has 0 radical (unpaired) electrons. The van der Waals surface area contributed by atoms with Crippen molar-refractivity contribution in [1.82, 2.24) is 15.3 Å². The Labute approximate surface area is 158 Å². The largest absolute Gasteiger partial charge is 0.444 e. The number of ether oxygens (including phenoxy) is 1. The molecule has 0 saturated carbocycles. The van der Waals surface area contributed by atoms with Gasteiger partial charge < -0.3 is 14.9 Å². The van der Waals surface area contributed by atoms with Gasteiger partial charge in [0.05, 0.1) is 11.4 Å². The first-order valence-corrected chi connectivity index (χ1v) is 8.83. The van der Waals surface area contributed by atoms with Gasteiger partial charge in [-0.05, 0) is 51.5 Å². The van der Waals surface area contributed by atoms with Crippen molar-refractivity contribution in [2.75, 3.05) is 0 Å². The molecule has 3 rings (SSSR count). The lowest BCUT2D eigenvalue weighted by atomic mass is 9.93. The smallest absolute Gasteiger partial charge is 0.407 e. The van der Waals surface area contributed by atoms with Gasteiger partial charge in [-0.25, -0.2) is 4.79 Å². The maximum Gasteiger partial charge on any atom is 0.407 e. The summed E-state index contributed by atoms with van der Waals surface area (Å²) in [5.74, 6) is 0. The summed E-state index contributed by atoms with van der Waals surface area (Å²) in [6, 6.07) is 7.67. The van der Waals surface area contributed by atoms with Crippen molar-refractivity contribution in [1.29, 1.82) is 0 Å². The van der Waals surface area contributed by atoms with Crippen molar-refractivity contribution in [3.63, 3.8) is 0 Å². The molecule has 7 heteroatoms. The van der Waals surface area contributed by atoms with Gasteiger partial charge in [0.15, 0.2) is 5.60 Å². The molecule has 1 atom stereocenters. The maximum absolute atomic E-state index is 11.8. The Morgan fingerprint density at radius 3 is 2.85 bits per heavy atom. The molecule has 0 bridgehead atoms. The second kappa shape index (κ2) is 7.34. The van der Waals surface area contributed by atoms with E-state index in [-0.39, 0.29) is 0 Å².